The van der Waals surface area contributed by atoms with Gasteiger partial charge in [-0.05, 0) is 55.9 Å². The molecular weight excluding hydrogens is 292 g/mol. The van der Waals surface area contributed by atoms with E-state index in [1.807, 2.05) is 24.6 Å². The van der Waals surface area contributed by atoms with Gasteiger partial charge >= 0.3 is 5.97 Å². The Morgan fingerprint density at radius 1 is 1.00 bits per heavy atom. The second kappa shape index (κ2) is 5.72. The van der Waals surface area contributed by atoms with Gasteiger partial charge in [-0.15, -0.1) is 0 Å². The molecule has 0 aliphatic carbocycles. The number of aryl methyl sites for hydroxylation is 3. The van der Waals surface area contributed by atoms with Crippen LogP contribution in [0.15, 0.2) is 16.9 Å². The maximum Gasteiger partial charge on any atom is 0.309 e. The van der Waals surface area contributed by atoms with Gasteiger partial charge in [0, 0.05) is 20.0 Å². The number of esters is 1. The molecular formula is C18H22N2O3. The molecule has 0 saturated heterocycles. The van der Waals surface area contributed by atoms with Gasteiger partial charge in [-0.3, -0.25) is 14.3 Å². The van der Waals surface area contributed by atoms with Gasteiger partial charge < -0.3 is 4.74 Å². The van der Waals surface area contributed by atoms with Crippen LogP contribution < -0.4 is 10.3 Å². The fraction of sp³-hybridized carbons (Fsp3) is 0.444. The lowest BCUT2D eigenvalue weighted by molar-refractivity contribution is -0.132. The van der Waals surface area contributed by atoms with Crippen LogP contribution in [0.3, 0.4) is 0 Å². The highest BCUT2D eigenvalue weighted by atomic mass is 16.5. The Kier molecular flexibility index (Phi) is 3.88. The van der Waals surface area contributed by atoms with Gasteiger partial charge in [0.1, 0.15) is 5.56 Å². The highest BCUT2D eigenvalue weighted by molar-refractivity contribution is 5.77. The molecule has 23 heavy (non-hydrogen) atoms. The number of carbonyl (C=O) groups is 1. The average molecular weight is 314 g/mol. The highest BCUT2D eigenvalue weighted by Crippen LogP contribution is 2.33. The van der Waals surface area contributed by atoms with Crippen LogP contribution in [0.2, 0.25) is 0 Å². The molecule has 3 rings (SSSR count). The van der Waals surface area contributed by atoms with Gasteiger partial charge in [0.15, 0.2) is 0 Å². The maximum atomic E-state index is 12.9. The standard InChI is InChI=1S/C18H22N2O3/c1-11-9-13(3)15(10-12(11)2)16-17(22)19-7-5-6-8-20(19)18(16)23-14(4)21/h9-10H,5-8H2,1-4H3. The van der Waals surface area contributed by atoms with Gasteiger partial charge in [0.2, 0.25) is 5.88 Å². The minimum Gasteiger partial charge on any atom is -0.407 e. The first-order valence-corrected chi connectivity index (χ1v) is 8.00. The lowest BCUT2D eigenvalue weighted by Gasteiger charge is -2.18. The summed E-state index contributed by atoms with van der Waals surface area (Å²) < 4.78 is 8.96. The molecule has 1 aromatic carbocycles. The molecule has 5 heteroatoms. The molecule has 0 fully saturated rings. The molecule has 0 atom stereocenters. The predicted octanol–water partition coefficient (Wildman–Crippen LogP) is 2.96. The number of aromatic nitrogens is 2. The van der Waals surface area contributed by atoms with Crippen LogP contribution in [-0.4, -0.2) is 15.3 Å². The zero-order chi connectivity index (χ0) is 16.7. The van der Waals surface area contributed by atoms with E-state index in [0.29, 0.717) is 24.5 Å². The summed E-state index contributed by atoms with van der Waals surface area (Å²) in [4.78, 5) is 24.5. The van der Waals surface area contributed by atoms with Gasteiger partial charge in [-0.1, -0.05) is 12.1 Å². The van der Waals surface area contributed by atoms with Gasteiger partial charge in [-0.25, -0.2) is 4.68 Å². The number of carbonyl (C=O) groups excluding carboxylic acids is 1. The molecule has 0 bridgehead atoms. The molecule has 0 N–H and O–H groups in total. The third-order valence-electron chi connectivity index (χ3n) is 4.53. The van der Waals surface area contributed by atoms with Gasteiger partial charge in [0.25, 0.3) is 5.56 Å². The number of hydrogen-bond acceptors (Lipinski definition) is 3. The molecule has 1 aliphatic heterocycles. The van der Waals surface area contributed by atoms with Crippen LogP contribution in [0.1, 0.15) is 36.5 Å². The molecule has 0 spiro atoms. The van der Waals surface area contributed by atoms with E-state index in [1.54, 1.807) is 4.68 Å². The van der Waals surface area contributed by atoms with Crippen molar-refractivity contribution >= 4 is 5.97 Å². The fourth-order valence-corrected chi connectivity index (χ4v) is 3.24. The van der Waals surface area contributed by atoms with Crippen LogP contribution in [0.5, 0.6) is 5.88 Å². The lowest BCUT2D eigenvalue weighted by Crippen LogP contribution is -2.27. The summed E-state index contributed by atoms with van der Waals surface area (Å²) in [7, 11) is 0. The van der Waals surface area contributed by atoms with Crippen LogP contribution in [0.25, 0.3) is 11.1 Å². The zero-order valence-electron chi connectivity index (χ0n) is 14.1. The Labute approximate surface area is 135 Å². The second-order valence-electron chi connectivity index (χ2n) is 6.28. The molecule has 1 aliphatic rings. The molecule has 2 aromatic rings. The van der Waals surface area contributed by atoms with Crippen molar-refractivity contribution in [2.75, 3.05) is 0 Å². The zero-order valence-corrected chi connectivity index (χ0v) is 14.1. The summed E-state index contributed by atoms with van der Waals surface area (Å²) in [6, 6.07) is 4.09. The van der Waals surface area contributed by atoms with Crippen molar-refractivity contribution in [3.8, 4) is 17.0 Å². The molecule has 1 aromatic heterocycles. The van der Waals surface area contributed by atoms with E-state index in [2.05, 4.69) is 13.0 Å². The molecule has 0 unspecified atom stereocenters. The van der Waals surface area contributed by atoms with Crippen molar-refractivity contribution in [2.24, 2.45) is 0 Å². The largest absolute Gasteiger partial charge is 0.407 e. The summed E-state index contributed by atoms with van der Waals surface area (Å²) in [5, 5.41) is 0. The predicted molar refractivity (Wildman–Crippen MR) is 88.9 cm³/mol. The minimum atomic E-state index is -0.404. The van der Waals surface area contributed by atoms with Crippen molar-refractivity contribution in [2.45, 2.75) is 53.6 Å². The molecule has 0 radical (unpaired) electrons. The molecule has 0 saturated carbocycles. The first-order valence-electron chi connectivity index (χ1n) is 8.00. The molecule has 122 valence electrons. The summed E-state index contributed by atoms with van der Waals surface area (Å²) >= 11 is 0. The first-order chi connectivity index (χ1) is 10.9. The third kappa shape index (κ3) is 2.60. The van der Waals surface area contributed by atoms with Crippen LogP contribution >= 0.6 is 0 Å². The fourth-order valence-electron chi connectivity index (χ4n) is 3.24. The monoisotopic (exact) mass is 314 g/mol. The lowest BCUT2D eigenvalue weighted by atomic mass is 9.97. The summed E-state index contributed by atoms with van der Waals surface area (Å²) in [6.07, 6.45) is 1.95. The molecule has 5 nitrogen and oxygen atoms in total. The van der Waals surface area contributed by atoms with Crippen molar-refractivity contribution in [3.63, 3.8) is 0 Å². The van der Waals surface area contributed by atoms with Gasteiger partial charge in [0.05, 0.1) is 0 Å². The van der Waals surface area contributed by atoms with Crippen molar-refractivity contribution in [1.82, 2.24) is 9.36 Å². The second-order valence-corrected chi connectivity index (χ2v) is 6.28. The number of nitrogens with zero attached hydrogens (tertiary/aromatic N) is 2. The maximum absolute atomic E-state index is 12.9. The Hall–Kier alpha value is -2.30. The quantitative estimate of drug-likeness (QED) is 0.801. The number of hydrogen-bond donors (Lipinski definition) is 0. The molecule has 0 amide bonds. The van der Waals surface area contributed by atoms with E-state index in [9.17, 15) is 9.59 Å². The van der Waals surface area contributed by atoms with Crippen LogP contribution in [0, 0.1) is 20.8 Å². The minimum absolute atomic E-state index is 0.0766. The average Bonchev–Trinajstić information content (AvgIpc) is 2.76. The van der Waals surface area contributed by atoms with Crippen molar-refractivity contribution in [1.29, 1.82) is 0 Å². The van der Waals surface area contributed by atoms with Crippen LogP contribution in [-0.2, 0) is 17.9 Å². The van der Waals surface area contributed by atoms with E-state index in [1.165, 1.54) is 12.5 Å². The van der Waals surface area contributed by atoms with Crippen molar-refractivity contribution in [3.05, 3.63) is 39.2 Å². The number of fused-ring (bicyclic) bond motifs is 1. The topological polar surface area (TPSA) is 53.2 Å². The van der Waals surface area contributed by atoms with Crippen LogP contribution in [0.4, 0.5) is 0 Å². The van der Waals surface area contributed by atoms with Gasteiger partial charge in [-0.2, -0.15) is 0 Å². The van der Waals surface area contributed by atoms with E-state index < -0.39 is 5.97 Å². The SMILES string of the molecule is CC(=O)Oc1c(-c2cc(C)c(C)cc2C)c(=O)n2n1CCCC2. The van der Waals surface area contributed by atoms with E-state index in [0.717, 1.165) is 29.5 Å². The summed E-state index contributed by atoms with van der Waals surface area (Å²) in [5.41, 5.74) is 4.60. The summed E-state index contributed by atoms with van der Waals surface area (Å²) in [6.45, 7) is 8.79. The third-order valence-corrected chi connectivity index (χ3v) is 4.53. The normalized spacial score (nSPS) is 13.7. The number of ether oxygens (including phenoxy) is 1. The van der Waals surface area contributed by atoms with E-state index >= 15 is 0 Å². The Morgan fingerprint density at radius 2 is 1.61 bits per heavy atom. The molecule has 2 heterocycles. The number of benzene rings is 1. The van der Waals surface area contributed by atoms with Crippen molar-refractivity contribution < 1.29 is 9.53 Å². The smallest absolute Gasteiger partial charge is 0.309 e. The summed E-state index contributed by atoms with van der Waals surface area (Å²) in [5.74, 6) is -0.0206. The van der Waals surface area contributed by atoms with E-state index in [4.69, 9.17) is 4.74 Å². The Morgan fingerprint density at radius 3 is 2.26 bits per heavy atom. The Bertz CT molecular complexity index is 843. The highest BCUT2D eigenvalue weighted by Gasteiger charge is 2.26. The Balaban J connectivity index is 2.30. The number of rotatable bonds is 2. The first kappa shape index (κ1) is 15.6. The van der Waals surface area contributed by atoms with E-state index in [-0.39, 0.29) is 5.56 Å².